The molecule has 1 heterocycles. The molecule has 0 radical (unpaired) electrons. The molecule has 0 aromatic carbocycles. The van der Waals surface area contributed by atoms with Gasteiger partial charge in [0.2, 0.25) is 0 Å². The molecular weight excluding hydrogens is 152 g/mol. The molecule has 2 unspecified atom stereocenters. The summed E-state index contributed by atoms with van der Waals surface area (Å²) in [6, 6.07) is 0. The predicted octanol–water partition coefficient (Wildman–Crippen LogP) is 0.0363. The number of rotatable bonds is 2. The predicted molar refractivity (Wildman–Crippen MR) is 49.9 cm³/mol. The van der Waals surface area contributed by atoms with Gasteiger partial charge in [0.1, 0.15) is 0 Å². The zero-order chi connectivity index (χ0) is 9.35. The van der Waals surface area contributed by atoms with Gasteiger partial charge >= 0.3 is 0 Å². The second-order valence-electron chi connectivity index (χ2n) is 4.58. The first-order chi connectivity index (χ1) is 5.41. The average Bonchev–Trinajstić information content (AvgIpc) is 2.32. The van der Waals surface area contributed by atoms with Gasteiger partial charge in [-0.25, -0.2) is 0 Å². The summed E-state index contributed by atoms with van der Waals surface area (Å²) in [6.07, 6.45) is 0.695. The molecule has 1 aliphatic rings. The Hall–Kier alpha value is -0.120. The fourth-order valence-corrected chi connectivity index (χ4v) is 1.83. The molecule has 0 aliphatic carbocycles. The molecule has 72 valence electrons. The molecule has 0 bridgehead atoms. The van der Waals surface area contributed by atoms with Crippen molar-refractivity contribution in [3.05, 3.63) is 0 Å². The summed E-state index contributed by atoms with van der Waals surface area (Å²) in [5.41, 5.74) is 5.37. The van der Waals surface area contributed by atoms with Gasteiger partial charge in [-0.2, -0.15) is 0 Å². The third kappa shape index (κ3) is 2.19. The van der Waals surface area contributed by atoms with Crippen molar-refractivity contribution < 1.29 is 5.11 Å². The highest BCUT2D eigenvalue weighted by Crippen LogP contribution is 2.23. The Kier molecular flexibility index (Phi) is 2.76. The normalized spacial score (nSPS) is 29.2. The van der Waals surface area contributed by atoms with Crippen molar-refractivity contribution >= 4 is 0 Å². The molecule has 0 saturated carbocycles. The van der Waals surface area contributed by atoms with Crippen LogP contribution in [0.5, 0.6) is 0 Å². The van der Waals surface area contributed by atoms with Crippen LogP contribution >= 0.6 is 0 Å². The van der Waals surface area contributed by atoms with Gasteiger partial charge in [-0.1, -0.05) is 0 Å². The molecule has 12 heavy (non-hydrogen) atoms. The van der Waals surface area contributed by atoms with Gasteiger partial charge in [0.25, 0.3) is 0 Å². The van der Waals surface area contributed by atoms with Gasteiger partial charge in [-0.3, -0.25) is 0 Å². The van der Waals surface area contributed by atoms with Crippen molar-refractivity contribution in [2.24, 2.45) is 11.7 Å². The number of likely N-dealkylation sites (tertiary alicyclic amines) is 1. The third-order valence-electron chi connectivity index (χ3n) is 2.64. The molecule has 1 fully saturated rings. The fourth-order valence-electron chi connectivity index (χ4n) is 1.83. The largest absolute Gasteiger partial charge is 0.391 e. The first-order valence-corrected chi connectivity index (χ1v) is 4.57. The SMILES string of the molecule is CN1CCC(C(O)C(C)(C)N)C1. The van der Waals surface area contributed by atoms with Crippen LogP contribution in [-0.2, 0) is 0 Å². The van der Waals surface area contributed by atoms with E-state index in [4.69, 9.17) is 5.73 Å². The zero-order valence-corrected chi connectivity index (χ0v) is 8.25. The van der Waals surface area contributed by atoms with Crippen LogP contribution in [0, 0.1) is 5.92 Å². The van der Waals surface area contributed by atoms with E-state index in [-0.39, 0.29) is 6.10 Å². The first-order valence-electron chi connectivity index (χ1n) is 4.57. The molecule has 1 aliphatic heterocycles. The van der Waals surface area contributed by atoms with Crippen LogP contribution in [0.3, 0.4) is 0 Å². The molecule has 0 aromatic rings. The summed E-state index contributed by atoms with van der Waals surface area (Å²) < 4.78 is 0. The number of hydrogen-bond acceptors (Lipinski definition) is 3. The highest BCUT2D eigenvalue weighted by Gasteiger charge is 2.34. The van der Waals surface area contributed by atoms with E-state index in [9.17, 15) is 5.11 Å². The lowest BCUT2D eigenvalue weighted by molar-refractivity contribution is 0.0514. The summed E-state index contributed by atoms with van der Waals surface area (Å²) in [5.74, 6) is 0.356. The first kappa shape index (κ1) is 9.96. The fraction of sp³-hybridized carbons (Fsp3) is 1.00. The van der Waals surface area contributed by atoms with E-state index in [0.29, 0.717) is 5.92 Å². The van der Waals surface area contributed by atoms with Crippen LogP contribution in [-0.4, -0.2) is 41.8 Å². The van der Waals surface area contributed by atoms with Crippen molar-refractivity contribution in [1.82, 2.24) is 4.90 Å². The van der Waals surface area contributed by atoms with Gasteiger partial charge in [-0.05, 0) is 33.9 Å². The number of aliphatic hydroxyl groups is 1. The minimum Gasteiger partial charge on any atom is -0.391 e. The molecule has 2 atom stereocenters. The maximum absolute atomic E-state index is 9.85. The number of nitrogens with two attached hydrogens (primary N) is 1. The number of hydrogen-bond donors (Lipinski definition) is 2. The van der Waals surface area contributed by atoms with E-state index in [0.717, 1.165) is 19.5 Å². The molecule has 1 saturated heterocycles. The lowest BCUT2D eigenvalue weighted by Crippen LogP contribution is -2.49. The maximum atomic E-state index is 9.85. The second kappa shape index (κ2) is 3.32. The van der Waals surface area contributed by atoms with Crippen LogP contribution in [0.25, 0.3) is 0 Å². The summed E-state index contributed by atoms with van der Waals surface area (Å²) >= 11 is 0. The topological polar surface area (TPSA) is 49.5 Å². The molecule has 3 N–H and O–H groups in total. The Balaban J connectivity index is 2.48. The Morgan fingerprint density at radius 2 is 2.17 bits per heavy atom. The molecule has 1 rings (SSSR count). The van der Waals surface area contributed by atoms with E-state index in [1.54, 1.807) is 0 Å². The zero-order valence-electron chi connectivity index (χ0n) is 8.25. The summed E-state index contributed by atoms with van der Waals surface area (Å²) in [6.45, 7) is 5.82. The Morgan fingerprint density at radius 1 is 1.58 bits per heavy atom. The standard InChI is InChI=1S/C9H20N2O/c1-9(2,10)8(12)7-4-5-11(3)6-7/h7-8,12H,4-6,10H2,1-3H3. The highest BCUT2D eigenvalue weighted by atomic mass is 16.3. The third-order valence-corrected chi connectivity index (χ3v) is 2.64. The minimum atomic E-state index is -0.462. The van der Waals surface area contributed by atoms with Crippen LogP contribution in [0.1, 0.15) is 20.3 Å². The number of aliphatic hydroxyl groups excluding tert-OH is 1. The van der Waals surface area contributed by atoms with Crippen LogP contribution in [0.4, 0.5) is 0 Å². The van der Waals surface area contributed by atoms with E-state index in [1.165, 1.54) is 0 Å². The van der Waals surface area contributed by atoms with Crippen LogP contribution < -0.4 is 5.73 Å². The molecule has 0 amide bonds. The number of nitrogens with zero attached hydrogens (tertiary/aromatic N) is 1. The molecule has 0 spiro atoms. The minimum absolute atomic E-state index is 0.356. The Labute approximate surface area is 74.5 Å². The van der Waals surface area contributed by atoms with E-state index in [2.05, 4.69) is 11.9 Å². The Bertz CT molecular complexity index is 153. The maximum Gasteiger partial charge on any atom is 0.0754 e. The van der Waals surface area contributed by atoms with E-state index in [1.807, 2.05) is 13.8 Å². The lowest BCUT2D eigenvalue weighted by atomic mass is 9.87. The Morgan fingerprint density at radius 3 is 2.50 bits per heavy atom. The monoisotopic (exact) mass is 172 g/mol. The molecular formula is C9H20N2O. The van der Waals surface area contributed by atoms with Crippen molar-refractivity contribution in [2.45, 2.75) is 31.9 Å². The van der Waals surface area contributed by atoms with E-state index < -0.39 is 5.54 Å². The van der Waals surface area contributed by atoms with Crippen LogP contribution in [0.2, 0.25) is 0 Å². The quantitative estimate of drug-likeness (QED) is 0.618. The van der Waals surface area contributed by atoms with Gasteiger partial charge < -0.3 is 15.7 Å². The summed E-state index contributed by atoms with van der Waals surface area (Å²) in [5, 5.41) is 9.85. The molecule has 3 heteroatoms. The second-order valence-corrected chi connectivity index (χ2v) is 4.58. The molecule has 0 aromatic heterocycles. The lowest BCUT2D eigenvalue weighted by Gasteiger charge is -2.30. The van der Waals surface area contributed by atoms with Gasteiger partial charge in [0, 0.05) is 18.0 Å². The van der Waals surface area contributed by atoms with Gasteiger partial charge in [0.15, 0.2) is 0 Å². The van der Waals surface area contributed by atoms with Crippen molar-refractivity contribution in [3.63, 3.8) is 0 Å². The smallest absolute Gasteiger partial charge is 0.0754 e. The van der Waals surface area contributed by atoms with E-state index >= 15 is 0 Å². The van der Waals surface area contributed by atoms with Crippen LogP contribution in [0.15, 0.2) is 0 Å². The van der Waals surface area contributed by atoms with Gasteiger partial charge in [0.05, 0.1) is 6.10 Å². The average molecular weight is 172 g/mol. The van der Waals surface area contributed by atoms with Crippen molar-refractivity contribution in [2.75, 3.05) is 20.1 Å². The van der Waals surface area contributed by atoms with Crippen molar-refractivity contribution in [3.8, 4) is 0 Å². The summed E-state index contributed by atoms with van der Waals surface area (Å²) in [7, 11) is 2.08. The van der Waals surface area contributed by atoms with Crippen molar-refractivity contribution in [1.29, 1.82) is 0 Å². The highest BCUT2D eigenvalue weighted by molar-refractivity contribution is 4.90. The van der Waals surface area contributed by atoms with Gasteiger partial charge in [-0.15, -0.1) is 0 Å². The summed E-state index contributed by atoms with van der Waals surface area (Å²) in [4.78, 5) is 2.24. The molecule has 3 nitrogen and oxygen atoms in total.